The molecule has 0 aromatic heterocycles. The van der Waals surface area contributed by atoms with Crippen molar-refractivity contribution >= 4 is 11.4 Å². The molecule has 0 amide bonds. The molecule has 3 nitrogen and oxygen atoms in total. The Balaban J connectivity index is 2.19. The molecule has 0 radical (unpaired) electrons. The molecule has 0 bridgehead atoms. The smallest absolute Gasteiger partial charge is 0.143 e. The molecule has 102 valence electrons. The van der Waals surface area contributed by atoms with E-state index in [9.17, 15) is 4.39 Å². The molecule has 2 rings (SSSR count). The van der Waals surface area contributed by atoms with Crippen molar-refractivity contribution in [2.45, 2.75) is 20.0 Å². The number of halogens is 1. The summed E-state index contributed by atoms with van der Waals surface area (Å²) in [5, 5.41) is 12.0. The van der Waals surface area contributed by atoms with Crippen molar-refractivity contribution in [2.75, 3.05) is 5.32 Å². The summed E-state index contributed by atoms with van der Waals surface area (Å²) in [6.45, 7) is 3.91. The number of nitrogens with zero attached hydrogens (tertiary/aromatic N) is 1. The lowest BCUT2D eigenvalue weighted by molar-refractivity contribution is 0.242. The number of rotatable bonds is 4. The van der Waals surface area contributed by atoms with Gasteiger partial charge in [0, 0.05) is 5.69 Å². The molecule has 0 heterocycles. The molecule has 2 aromatic rings. The number of hydrogen-bond donors (Lipinski definition) is 1. The molecule has 0 saturated heterocycles. The van der Waals surface area contributed by atoms with Crippen molar-refractivity contribution in [2.24, 2.45) is 0 Å². The monoisotopic (exact) mass is 270 g/mol. The second-order valence-corrected chi connectivity index (χ2v) is 4.59. The van der Waals surface area contributed by atoms with E-state index < -0.39 is 5.82 Å². The van der Waals surface area contributed by atoms with Crippen LogP contribution in [0.3, 0.4) is 0 Å². The molecule has 2 aromatic carbocycles. The summed E-state index contributed by atoms with van der Waals surface area (Å²) in [7, 11) is 0. The summed E-state index contributed by atoms with van der Waals surface area (Å²) in [6, 6.07) is 13.7. The number of nitriles is 1. The van der Waals surface area contributed by atoms with Gasteiger partial charge in [0.2, 0.25) is 0 Å². The van der Waals surface area contributed by atoms with E-state index in [0.717, 1.165) is 11.4 Å². The zero-order chi connectivity index (χ0) is 14.5. The van der Waals surface area contributed by atoms with Crippen LogP contribution in [0.2, 0.25) is 0 Å². The average Bonchev–Trinajstić information content (AvgIpc) is 2.41. The SMILES string of the molecule is CC(C)Oc1ccc(Nc2cccc(F)c2C#N)cc1. The largest absolute Gasteiger partial charge is 0.491 e. The molecule has 0 unspecified atom stereocenters. The highest BCUT2D eigenvalue weighted by Gasteiger charge is 2.07. The van der Waals surface area contributed by atoms with Crippen LogP contribution in [0, 0.1) is 17.1 Å². The van der Waals surface area contributed by atoms with Crippen LogP contribution in [0.1, 0.15) is 19.4 Å². The van der Waals surface area contributed by atoms with E-state index in [0.29, 0.717) is 5.69 Å². The van der Waals surface area contributed by atoms with Gasteiger partial charge in [-0.25, -0.2) is 4.39 Å². The molecule has 0 aliphatic heterocycles. The predicted octanol–water partition coefficient (Wildman–Crippen LogP) is 4.23. The second kappa shape index (κ2) is 6.07. The maximum atomic E-state index is 13.5. The highest BCUT2D eigenvalue weighted by atomic mass is 19.1. The third-order valence-corrected chi connectivity index (χ3v) is 2.63. The molecule has 0 aliphatic carbocycles. The molecule has 4 heteroatoms. The van der Waals surface area contributed by atoms with Crippen LogP contribution < -0.4 is 10.1 Å². The van der Waals surface area contributed by atoms with Gasteiger partial charge in [-0.3, -0.25) is 0 Å². The zero-order valence-corrected chi connectivity index (χ0v) is 11.4. The highest BCUT2D eigenvalue weighted by Crippen LogP contribution is 2.24. The van der Waals surface area contributed by atoms with Crippen molar-refractivity contribution < 1.29 is 9.13 Å². The zero-order valence-electron chi connectivity index (χ0n) is 11.4. The second-order valence-electron chi connectivity index (χ2n) is 4.59. The van der Waals surface area contributed by atoms with Gasteiger partial charge in [0.25, 0.3) is 0 Å². The first kappa shape index (κ1) is 13.9. The maximum Gasteiger partial charge on any atom is 0.143 e. The topological polar surface area (TPSA) is 45.0 Å². The summed E-state index contributed by atoms with van der Waals surface area (Å²) in [4.78, 5) is 0. The normalized spacial score (nSPS) is 10.2. The van der Waals surface area contributed by atoms with Crippen LogP contribution in [0.4, 0.5) is 15.8 Å². The Morgan fingerprint density at radius 3 is 2.45 bits per heavy atom. The first-order chi connectivity index (χ1) is 9.60. The molecule has 0 aliphatic rings. The van der Waals surface area contributed by atoms with Crippen molar-refractivity contribution in [1.82, 2.24) is 0 Å². The van der Waals surface area contributed by atoms with Gasteiger partial charge in [-0.2, -0.15) is 5.26 Å². The van der Waals surface area contributed by atoms with Gasteiger partial charge < -0.3 is 10.1 Å². The maximum absolute atomic E-state index is 13.5. The number of benzene rings is 2. The molecular formula is C16H15FN2O. The van der Waals surface area contributed by atoms with Gasteiger partial charge in [0.05, 0.1) is 11.8 Å². The molecule has 1 N–H and O–H groups in total. The Morgan fingerprint density at radius 1 is 1.15 bits per heavy atom. The van der Waals surface area contributed by atoms with Gasteiger partial charge in [-0.05, 0) is 50.2 Å². The van der Waals surface area contributed by atoms with E-state index in [2.05, 4.69) is 5.32 Å². The van der Waals surface area contributed by atoms with E-state index in [4.69, 9.17) is 10.00 Å². The minimum absolute atomic E-state index is 0.00927. The molecule has 0 fully saturated rings. The third kappa shape index (κ3) is 3.27. The van der Waals surface area contributed by atoms with E-state index in [1.54, 1.807) is 12.1 Å². The fourth-order valence-electron chi connectivity index (χ4n) is 1.79. The number of ether oxygens (including phenoxy) is 1. The quantitative estimate of drug-likeness (QED) is 0.904. The van der Waals surface area contributed by atoms with E-state index >= 15 is 0 Å². The summed E-state index contributed by atoms with van der Waals surface area (Å²) >= 11 is 0. The summed E-state index contributed by atoms with van der Waals surface area (Å²) in [6.07, 6.45) is 0.113. The van der Waals surface area contributed by atoms with E-state index in [1.165, 1.54) is 6.07 Å². The van der Waals surface area contributed by atoms with Crippen LogP contribution in [0.15, 0.2) is 42.5 Å². The van der Waals surface area contributed by atoms with Crippen molar-refractivity contribution in [3.8, 4) is 11.8 Å². The lowest BCUT2D eigenvalue weighted by Gasteiger charge is -2.12. The average molecular weight is 270 g/mol. The fourth-order valence-corrected chi connectivity index (χ4v) is 1.79. The molecular weight excluding hydrogens is 255 g/mol. The van der Waals surface area contributed by atoms with Crippen molar-refractivity contribution in [3.05, 3.63) is 53.8 Å². The minimum atomic E-state index is -0.530. The minimum Gasteiger partial charge on any atom is -0.491 e. The number of nitrogens with one attached hydrogen (secondary N) is 1. The summed E-state index contributed by atoms with van der Waals surface area (Å²) in [5.41, 5.74) is 1.23. The van der Waals surface area contributed by atoms with Crippen molar-refractivity contribution in [3.63, 3.8) is 0 Å². The Hall–Kier alpha value is -2.54. The van der Waals surface area contributed by atoms with E-state index in [1.807, 2.05) is 44.2 Å². The van der Waals surface area contributed by atoms with Gasteiger partial charge in [-0.1, -0.05) is 6.07 Å². The molecule has 0 atom stereocenters. The van der Waals surface area contributed by atoms with Crippen molar-refractivity contribution in [1.29, 1.82) is 5.26 Å². The summed E-state index contributed by atoms with van der Waals surface area (Å²) < 4.78 is 19.0. The fraction of sp³-hybridized carbons (Fsp3) is 0.188. The number of anilines is 2. The molecule has 0 saturated carbocycles. The Bertz CT molecular complexity index is 630. The van der Waals surface area contributed by atoms with Crippen LogP contribution in [-0.2, 0) is 0 Å². The van der Waals surface area contributed by atoms with Gasteiger partial charge in [0.15, 0.2) is 0 Å². The van der Waals surface area contributed by atoms with E-state index in [-0.39, 0.29) is 11.7 Å². The first-order valence-electron chi connectivity index (χ1n) is 6.32. The standard InChI is InChI=1S/C16H15FN2O/c1-11(2)20-13-8-6-12(7-9-13)19-16-5-3-4-15(17)14(16)10-18/h3-9,11,19H,1-2H3. The van der Waals surface area contributed by atoms with Crippen LogP contribution in [-0.4, -0.2) is 6.10 Å². The Labute approximate surface area is 117 Å². The third-order valence-electron chi connectivity index (χ3n) is 2.63. The summed E-state index contributed by atoms with van der Waals surface area (Å²) in [5.74, 6) is 0.238. The molecule has 0 spiro atoms. The molecule has 20 heavy (non-hydrogen) atoms. The lowest BCUT2D eigenvalue weighted by Crippen LogP contribution is -2.05. The lowest BCUT2D eigenvalue weighted by atomic mass is 10.1. The predicted molar refractivity (Wildman–Crippen MR) is 76.6 cm³/mol. The van der Waals surface area contributed by atoms with Crippen LogP contribution in [0.25, 0.3) is 0 Å². The Morgan fingerprint density at radius 2 is 1.85 bits per heavy atom. The first-order valence-corrected chi connectivity index (χ1v) is 6.32. The van der Waals surface area contributed by atoms with Crippen LogP contribution >= 0.6 is 0 Å². The van der Waals surface area contributed by atoms with Gasteiger partial charge >= 0.3 is 0 Å². The highest BCUT2D eigenvalue weighted by molar-refractivity contribution is 5.67. The number of hydrogen-bond acceptors (Lipinski definition) is 3. The Kier molecular flexibility index (Phi) is 4.21. The van der Waals surface area contributed by atoms with Gasteiger partial charge in [0.1, 0.15) is 23.2 Å². The van der Waals surface area contributed by atoms with Crippen LogP contribution in [0.5, 0.6) is 5.75 Å². The van der Waals surface area contributed by atoms with Gasteiger partial charge in [-0.15, -0.1) is 0 Å².